The van der Waals surface area contributed by atoms with Crippen LogP contribution in [0.1, 0.15) is 51.3 Å². The molecule has 0 bridgehead atoms. The van der Waals surface area contributed by atoms with Crippen LogP contribution in [-0.2, 0) is 6.42 Å². The van der Waals surface area contributed by atoms with Crippen LogP contribution in [0.25, 0.3) is 0 Å². The summed E-state index contributed by atoms with van der Waals surface area (Å²) < 4.78 is 0. The van der Waals surface area contributed by atoms with E-state index in [1.807, 2.05) is 0 Å². The Morgan fingerprint density at radius 3 is 2.65 bits per heavy atom. The maximum Gasteiger partial charge on any atom is 0.0578 e. The number of rotatable bonds is 2. The fourth-order valence-corrected chi connectivity index (χ4v) is 1.95. The van der Waals surface area contributed by atoms with Crippen LogP contribution in [0.3, 0.4) is 0 Å². The largest absolute Gasteiger partial charge is 0.299 e. The zero-order valence-corrected chi connectivity index (χ0v) is 10.3. The first-order chi connectivity index (χ1) is 7.83. The molecule has 94 valence electrons. The van der Waals surface area contributed by atoms with Crippen molar-refractivity contribution in [2.24, 2.45) is 0 Å². The molecule has 0 radical (unpaired) electrons. The van der Waals surface area contributed by atoms with Crippen LogP contribution in [0.4, 0.5) is 0 Å². The number of fused-ring (bicyclic) bond motifs is 1. The van der Waals surface area contributed by atoms with E-state index in [-0.39, 0.29) is 7.43 Å². The first kappa shape index (κ1) is 15.7. The third-order valence-corrected chi connectivity index (χ3v) is 2.58. The van der Waals surface area contributed by atoms with E-state index in [2.05, 4.69) is 49.4 Å². The Labute approximate surface area is 107 Å². The van der Waals surface area contributed by atoms with Gasteiger partial charge in [0, 0.05) is 6.04 Å². The summed E-state index contributed by atoms with van der Waals surface area (Å²) in [7, 11) is 0. The first-order valence-corrected chi connectivity index (χ1v) is 6.08. The van der Waals surface area contributed by atoms with Crippen molar-refractivity contribution in [1.29, 1.82) is 0 Å². The molecule has 0 saturated heterocycles. The molecule has 1 atom stereocenters. The lowest BCUT2D eigenvalue weighted by molar-refractivity contribution is 0.568. The van der Waals surface area contributed by atoms with E-state index in [1.165, 1.54) is 30.4 Å². The van der Waals surface area contributed by atoms with E-state index in [0.717, 1.165) is 0 Å². The topological polar surface area (TPSA) is 12.0 Å². The van der Waals surface area contributed by atoms with Crippen molar-refractivity contribution in [2.75, 3.05) is 6.54 Å². The van der Waals surface area contributed by atoms with Crippen molar-refractivity contribution in [2.45, 2.75) is 46.6 Å². The van der Waals surface area contributed by atoms with Crippen molar-refractivity contribution in [1.82, 2.24) is 5.32 Å². The molecule has 0 spiro atoms. The van der Waals surface area contributed by atoms with Crippen LogP contribution >= 0.6 is 0 Å². The maximum absolute atomic E-state index is 5.21. The predicted octanol–water partition coefficient (Wildman–Crippen LogP) is 3.95. The Bertz CT molecular complexity index is 349. The maximum atomic E-state index is 5.21. The highest BCUT2D eigenvalue weighted by Crippen LogP contribution is 2.30. The lowest BCUT2D eigenvalue weighted by Crippen LogP contribution is -2.19. The second kappa shape index (κ2) is 8.84. The number of nitrogens with one attached hydrogen (secondary N) is 1. The average Bonchev–Trinajstić information content (AvgIpc) is 2.71. The molecule has 1 N–H and O–H groups in total. The number of hydrogen-bond donors (Lipinski definition) is 1. The van der Waals surface area contributed by atoms with Crippen LogP contribution < -0.4 is 5.32 Å². The average molecular weight is 231 g/mol. The number of terminal acetylenes is 1. The van der Waals surface area contributed by atoms with Crippen molar-refractivity contribution in [3.63, 3.8) is 0 Å². The van der Waals surface area contributed by atoms with Gasteiger partial charge >= 0.3 is 0 Å². The summed E-state index contributed by atoms with van der Waals surface area (Å²) in [4.78, 5) is 0. The van der Waals surface area contributed by atoms with Gasteiger partial charge in [0.05, 0.1) is 6.54 Å². The number of aryl methyl sites for hydroxylation is 1. The van der Waals surface area contributed by atoms with Crippen LogP contribution in [-0.4, -0.2) is 6.54 Å². The van der Waals surface area contributed by atoms with Crippen molar-refractivity contribution < 1.29 is 0 Å². The lowest BCUT2D eigenvalue weighted by Gasteiger charge is -2.10. The van der Waals surface area contributed by atoms with Gasteiger partial charge in [-0.15, -0.1) is 6.42 Å². The molecule has 0 heterocycles. The summed E-state index contributed by atoms with van der Waals surface area (Å²) >= 11 is 0. The fourth-order valence-electron chi connectivity index (χ4n) is 1.95. The standard InChI is InChI=1S/C12H13N.C3H8.CH4/c1-2-9-13-12-8-7-10-5-3-4-6-11(10)12;1-3-2;/h1,3-6,12-13H,7-9H2;3H2,1-2H3;1H4/t12-;;/m1../s1. The molecule has 1 nitrogen and oxygen atoms in total. The molecule has 0 aliphatic heterocycles. The highest BCUT2D eigenvalue weighted by Gasteiger charge is 2.20. The molecule has 1 aliphatic carbocycles. The van der Waals surface area contributed by atoms with Crippen molar-refractivity contribution in [3.8, 4) is 12.3 Å². The van der Waals surface area contributed by atoms with E-state index in [0.29, 0.717) is 12.6 Å². The second-order valence-electron chi connectivity index (χ2n) is 4.08. The van der Waals surface area contributed by atoms with Gasteiger partial charge in [-0.05, 0) is 24.0 Å². The number of hydrogen-bond acceptors (Lipinski definition) is 1. The van der Waals surface area contributed by atoms with E-state index in [4.69, 9.17) is 6.42 Å². The molecule has 0 unspecified atom stereocenters. The van der Waals surface area contributed by atoms with Gasteiger partial charge in [0.25, 0.3) is 0 Å². The Hall–Kier alpha value is -1.26. The normalized spacial score (nSPS) is 15.9. The molecule has 0 saturated carbocycles. The van der Waals surface area contributed by atoms with Gasteiger partial charge in [-0.2, -0.15) is 0 Å². The Morgan fingerprint density at radius 1 is 1.35 bits per heavy atom. The zero-order valence-electron chi connectivity index (χ0n) is 10.3. The van der Waals surface area contributed by atoms with Gasteiger partial charge in [0.15, 0.2) is 0 Å². The van der Waals surface area contributed by atoms with Crippen molar-refractivity contribution in [3.05, 3.63) is 35.4 Å². The van der Waals surface area contributed by atoms with Crippen molar-refractivity contribution >= 4 is 0 Å². The molecule has 1 heteroatoms. The molecule has 2 rings (SSSR count). The second-order valence-corrected chi connectivity index (χ2v) is 4.08. The molecule has 0 amide bonds. The highest BCUT2D eigenvalue weighted by molar-refractivity contribution is 5.34. The molecule has 1 aromatic carbocycles. The Balaban J connectivity index is 0.000000583. The monoisotopic (exact) mass is 231 g/mol. The van der Waals surface area contributed by atoms with Crippen LogP contribution in [0, 0.1) is 12.3 Å². The minimum Gasteiger partial charge on any atom is -0.299 e. The lowest BCUT2D eigenvalue weighted by atomic mass is 10.1. The molecular weight excluding hydrogens is 206 g/mol. The van der Waals surface area contributed by atoms with E-state index in [1.54, 1.807) is 0 Å². The van der Waals surface area contributed by atoms with Crippen LogP contribution in [0.15, 0.2) is 24.3 Å². The zero-order chi connectivity index (χ0) is 11.8. The molecule has 0 fully saturated rings. The summed E-state index contributed by atoms with van der Waals surface area (Å²) in [5.74, 6) is 2.61. The molecular formula is C16H25N. The third-order valence-electron chi connectivity index (χ3n) is 2.58. The molecule has 0 aromatic heterocycles. The molecule has 17 heavy (non-hydrogen) atoms. The van der Waals surface area contributed by atoms with E-state index >= 15 is 0 Å². The van der Waals surface area contributed by atoms with Gasteiger partial charge in [-0.25, -0.2) is 0 Å². The van der Waals surface area contributed by atoms with Gasteiger partial charge in [-0.1, -0.05) is 57.9 Å². The smallest absolute Gasteiger partial charge is 0.0578 e. The molecule has 1 aliphatic rings. The van der Waals surface area contributed by atoms with Gasteiger partial charge in [-0.3, -0.25) is 5.32 Å². The minimum atomic E-state index is 0. The fraction of sp³-hybridized carbons (Fsp3) is 0.500. The Kier molecular flexibility index (Phi) is 8.19. The molecule has 1 aromatic rings. The first-order valence-electron chi connectivity index (χ1n) is 6.08. The SMILES string of the molecule is C.C#CCN[C@@H]1CCc2ccccc21.CCC. The number of benzene rings is 1. The third kappa shape index (κ3) is 4.63. The van der Waals surface area contributed by atoms with Gasteiger partial charge in [0.2, 0.25) is 0 Å². The predicted molar refractivity (Wildman–Crippen MR) is 77.0 cm³/mol. The highest BCUT2D eigenvalue weighted by atomic mass is 14.9. The summed E-state index contributed by atoms with van der Waals surface area (Å²) in [6, 6.07) is 9.06. The van der Waals surface area contributed by atoms with Crippen LogP contribution in [0.2, 0.25) is 0 Å². The quantitative estimate of drug-likeness (QED) is 0.760. The van der Waals surface area contributed by atoms with Gasteiger partial charge < -0.3 is 0 Å². The minimum absolute atomic E-state index is 0. The van der Waals surface area contributed by atoms with Gasteiger partial charge in [0.1, 0.15) is 0 Å². The summed E-state index contributed by atoms with van der Waals surface area (Å²) in [6.07, 6.45) is 8.82. The summed E-state index contributed by atoms with van der Waals surface area (Å²) in [5.41, 5.74) is 2.90. The summed E-state index contributed by atoms with van der Waals surface area (Å²) in [5, 5.41) is 3.35. The van der Waals surface area contributed by atoms with E-state index < -0.39 is 0 Å². The Morgan fingerprint density at radius 2 is 2.00 bits per heavy atom. The van der Waals surface area contributed by atoms with E-state index in [9.17, 15) is 0 Å². The summed E-state index contributed by atoms with van der Waals surface area (Å²) in [6.45, 7) is 4.92. The van der Waals surface area contributed by atoms with Crippen LogP contribution in [0.5, 0.6) is 0 Å².